The van der Waals surface area contributed by atoms with Gasteiger partial charge < -0.3 is 31.2 Å². The SMILES string of the molecule is Nc1nc(C(=NOC(c2ccccc2)(c2ccccc2)c2ccccc2)C(=O)N[C@@H]2CN3C(C(=O)O)=C(C(=C4CCCNC4)c4ccccc4)CS[C@H]23)cs1. The van der Waals surface area contributed by atoms with Gasteiger partial charge in [0.15, 0.2) is 10.8 Å². The van der Waals surface area contributed by atoms with Crippen LogP contribution in [0.2, 0.25) is 0 Å². The summed E-state index contributed by atoms with van der Waals surface area (Å²) in [6.07, 6.45) is 1.90. The number of nitrogens with one attached hydrogen (secondary N) is 2. The number of nitrogen functional groups attached to an aromatic ring is 1. The van der Waals surface area contributed by atoms with Crippen molar-refractivity contribution in [3.05, 3.63) is 171 Å². The maximum absolute atomic E-state index is 14.4. The second-order valence-electron chi connectivity index (χ2n) is 13.6. The Bertz CT molecular complexity index is 2160. The van der Waals surface area contributed by atoms with Crippen molar-refractivity contribution in [1.82, 2.24) is 20.5 Å². The third-order valence-electron chi connectivity index (χ3n) is 10.2. The minimum atomic E-state index is -1.22. The number of nitrogens with zero attached hydrogens (tertiary/aromatic N) is 3. The molecule has 0 aliphatic carbocycles. The van der Waals surface area contributed by atoms with Crippen LogP contribution in [-0.4, -0.2) is 69.4 Å². The van der Waals surface area contributed by atoms with Gasteiger partial charge in [-0.25, -0.2) is 9.78 Å². The third kappa shape index (κ3) is 7.16. The van der Waals surface area contributed by atoms with Crippen LogP contribution in [-0.2, 0) is 20.0 Å². The number of fused-ring (bicyclic) bond motifs is 1. The van der Waals surface area contributed by atoms with Crippen molar-refractivity contribution in [1.29, 1.82) is 0 Å². The average molecular weight is 769 g/mol. The smallest absolute Gasteiger partial charge is 0.352 e. The molecule has 0 spiro atoms. The molecule has 10 nitrogen and oxygen atoms in total. The zero-order chi connectivity index (χ0) is 37.8. The predicted octanol–water partition coefficient (Wildman–Crippen LogP) is 6.49. The van der Waals surface area contributed by atoms with E-state index in [9.17, 15) is 14.7 Å². The molecule has 12 heteroatoms. The van der Waals surface area contributed by atoms with Crippen LogP contribution in [0.3, 0.4) is 0 Å². The first-order valence-electron chi connectivity index (χ1n) is 18.2. The highest BCUT2D eigenvalue weighted by Crippen LogP contribution is 2.45. The third-order valence-corrected chi connectivity index (χ3v) is 12.3. The molecule has 0 saturated carbocycles. The normalized spacial score (nSPS) is 19.6. The molecule has 8 rings (SSSR count). The number of hydrogen-bond acceptors (Lipinski definition) is 10. The van der Waals surface area contributed by atoms with Crippen LogP contribution in [0.1, 0.15) is 40.8 Å². The molecule has 5 aromatic rings. The fraction of sp³-hybridized carbons (Fsp3) is 0.209. The number of carboxylic acid groups (broad SMARTS) is 1. The number of piperidine rings is 1. The number of rotatable bonds is 11. The number of thioether (sulfide) groups is 1. The van der Waals surface area contributed by atoms with Crippen LogP contribution in [0.5, 0.6) is 0 Å². The van der Waals surface area contributed by atoms with E-state index in [4.69, 9.17) is 10.6 Å². The molecule has 0 bridgehead atoms. The molecule has 5 N–H and O–H groups in total. The maximum Gasteiger partial charge on any atom is 0.352 e. The monoisotopic (exact) mass is 768 g/mol. The zero-order valence-electron chi connectivity index (χ0n) is 29.9. The van der Waals surface area contributed by atoms with Gasteiger partial charge in [-0.15, -0.1) is 23.1 Å². The van der Waals surface area contributed by atoms with Crippen LogP contribution < -0.4 is 16.4 Å². The van der Waals surface area contributed by atoms with E-state index >= 15 is 0 Å². The second kappa shape index (κ2) is 16.0. The first kappa shape index (κ1) is 36.3. The molecule has 278 valence electrons. The fourth-order valence-electron chi connectivity index (χ4n) is 7.67. The number of benzene rings is 4. The molecule has 3 aliphatic rings. The number of allylic oxidation sites excluding steroid dienone is 1. The largest absolute Gasteiger partial charge is 0.477 e. The number of amides is 1. The average Bonchev–Trinajstić information content (AvgIpc) is 3.66. The number of thiazole rings is 1. The minimum absolute atomic E-state index is 0.0324. The van der Waals surface area contributed by atoms with E-state index in [1.54, 1.807) is 17.1 Å². The van der Waals surface area contributed by atoms with Crippen LogP contribution >= 0.6 is 23.1 Å². The van der Waals surface area contributed by atoms with Crippen LogP contribution in [0.4, 0.5) is 5.13 Å². The van der Waals surface area contributed by atoms with Gasteiger partial charge in [0.2, 0.25) is 5.60 Å². The van der Waals surface area contributed by atoms with E-state index < -0.39 is 17.5 Å². The highest BCUT2D eigenvalue weighted by molar-refractivity contribution is 8.00. The first-order chi connectivity index (χ1) is 26.9. The topological polar surface area (TPSA) is 142 Å². The lowest BCUT2D eigenvalue weighted by Crippen LogP contribution is -2.67. The lowest BCUT2D eigenvalue weighted by atomic mass is 9.80. The number of nitrogens with two attached hydrogens (primary N) is 1. The molecule has 2 atom stereocenters. The van der Waals surface area contributed by atoms with Crippen molar-refractivity contribution in [2.45, 2.75) is 29.9 Å². The Morgan fingerprint density at radius 3 is 2.04 bits per heavy atom. The van der Waals surface area contributed by atoms with E-state index in [1.165, 1.54) is 16.9 Å². The number of carbonyl (C=O) groups is 2. The number of carboxylic acids is 1. The molecule has 2 saturated heterocycles. The molecule has 0 unspecified atom stereocenters. The summed E-state index contributed by atoms with van der Waals surface area (Å²) in [6.45, 7) is 1.98. The summed E-state index contributed by atoms with van der Waals surface area (Å²) in [5.41, 5.74) is 11.9. The highest BCUT2D eigenvalue weighted by Gasteiger charge is 2.48. The maximum atomic E-state index is 14.4. The predicted molar refractivity (Wildman–Crippen MR) is 218 cm³/mol. The highest BCUT2D eigenvalue weighted by atomic mass is 32.2. The van der Waals surface area contributed by atoms with Crippen molar-refractivity contribution >= 4 is 51.4 Å². The van der Waals surface area contributed by atoms with Gasteiger partial charge in [-0.3, -0.25) is 4.79 Å². The molecular weight excluding hydrogens is 729 g/mol. The molecule has 2 fully saturated rings. The van der Waals surface area contributed by atoms with Crippen molar-refractivity contribution in [3.8, 4) is 0 Å². The zero-order valence-corrected chi connectivity index (χ0v) is 31.6. The number of aliphatic carboxylic acids is 1. The van der Waals surface area contributed by atoms with Gasteiger partial charge in [0.1, 0.15) is 11.4 Å². The molecule has 3 aliphatic heterocycles. The Hall–Kier alpha value is -5.69. The van der Waals surface area contributed by atoms with Gasteiger partial charge in [-0.2, -0.15) is 0 Å². The molecule has 4 heterocycles. The van der Waals surface area contributed by atoms with Gasteiger partial charge in [-0.05, 0) is 36.1 Å². The van der Waals surface area contributed by atoms with E-state index in [-0.39, 0.29) is 33.6 Å². The quantitative estimate of drug-likeness (QED) is 0.0675. The van der Waals surface area contributed by atoms with E-state index in [0.29, 0.717) is 12.3 Å². The number of carbonyl (C=O) groups excluding carboxylic acids is 1. The second-order valence-corrected chi connectivity index (χ2v) is 15.6. The lowest BCUT2D eigenvalue weighted by Gasteiger charge is -2.52. The van der Waals surface area contributed by atoms with Crippen LogP contribution in [0.25, 0.3) is 5.57 Å². The van der Waals surface area contributed by atoms with Crippen molar-refractivity contribution in [3.63, 3.8) is 0 Å². The summed E-state index contributed by atoms with van der Waals surface area (Å²) >= 11 is 2.83. The van der Waals surface area contributed by atoms with Gasteiger partial charge in [0, 0.05) is 46.5 Å². The lowest BCUT2D eigenvalue weighted by molar-refractivity contribution is -0.135. The summed E-state index contributed by atoms with van der Waals surface area (Å²) in [7, 11) is 0. The van der Waals surface area contributed by atoms with E-state index in [1.807, 2.05) is 114 Å². The van der Waals surface area contributed by atoms with Crippen molar-refractivity contribution in [2.75, 3.05) is 31.1 Å². The van der Waals surface area contributed by atoms with Crippen molar-refractivity contribution in [2.24, 2.45) is 5.16 Å². The summed E-state index contributed by atoms with van der Waals surface area (Å²) < 4.78 is 0. The molecule has 55 heavy (non-hydrogen) atoms. The standard InChI is InChI=1S/C43H40N6O4S2/c44-42-47-35(27-55-42)37(48-53-43(30-17-7-2-8-18-30,31-19-9-3-10-20-31)32-21-11-4-12-22-32)39(50)46-34-25-49-38(41(51)52)33(26-54-40(34)49)36(28-14-5-1-6-15-28)29-16-13-23-45-24-29/h1-12,14-15,17-22,27,34,40,45H,13,16,23-26H2,(H2,44,47)(H,46,50)(H,51,52)/t34-,40-/m1/s1. The van der Waals surface area contributed by atoms with Gasteiger partial charge >= 0.3 is 5.97 Å². The number of oxime groups is 1. The first-order valence-corrected chi connectivity index (χ1v) is 20.1. The van der Waals surface area contributed by atoms with Crippen molar-refractivity contribution < 1.29 is 19.5 Å². The summed E-state index contributed by atoms with van der Waals surface area (Å²) in [4.78, 5) is 40.4. The molecule has 4 aromatic carbocycles. The summed E-state index contributed by atoms with van der Waals surface area (Å²) in [5.74, 6) is -0.982. The molecular formula is C43H40N6O4S2. The Labute approximate surface area is 327 Å². The Morgan fingerprint density at radius 1 is 0.909 bits per heavy atom. The van der Waals surface area contributed by atoms with E-state index in [2.05, 4.69) is 32.9 Å². The number of hydrogen-bond donors (Lipinski definition) is 4. The number of anilines is 1. The number of aromatic nitrogens is 1. The van der Waals surface area contributed by atoms with Crippen LogP contribution in [0.15, 0.2) is 149 Å². The Morgan fingerprint density at radius 2 is 1.51 bits per heavy atom. The summed E-state index contributed by atoms with van der Waals surface area (Å²) in [6, 6.07) is 39.0. The molecule has 1 amide bonds. The Balaban J connectivity index is 1.13. The van der Waals surface area contributed by atoms with Gasteiger partial charge in [-0.1, -0.05) is 126 Å². The van der Waals surface area contributed by atoms with Gasteiger partial charge in [0.25, 0.3) is 5.91 Å². The van der Waals surface area contributed by atoms with E-state index in [0.717, 1.165) is 59.3 Å². The summed E-state index contributed by atoms with van der Waals surface area (Å²) in [5, 5.41) is 23.6. The van der Waals surface area contributed by atoms with Gasteiger partial charge in [0.05, 0.1) is 11.4 Å². The van der Waals surface area contributed by atoms with Crippen LogP contribution in [0, 0.1) is 0 Å². The molecule has 0 radical (unpaired) electrons. The Kier molecular flexibility index (Phi) is 10.5. The fourth-order valence-corrected chi connectivity index (χ4v) is 9.60. The molecule has 1 aromatic heterocycles. The minimum Gasteiger partial charge on any atom is -0.477 e.